The first-order valence-corrected chi connectivity index (χ1v) is 6.96. The number of hydrogen-bond donors (Lipinski definition) is 1. The Morgan fingerprint density at radius 3 is 2.43 bits per heavy atom. The number of ether oxygens (including phenoxy) is 1. The van der Waals surface area contributed by atoms with Gasteiger partial charge in [-0.15, -0.1) is 0 Å². The minimum atomic E-state index is -0.113. The van der Waals surface area contributed by atoms with Gasteiger partial charge in [0, 0.05) is 12.4 Å². The van der Waals surface area contributed by atoms with Gasteiger partial charge in [-0.2, -0.15) is 0 Å². The van der Waals surface area contributed by atoms with E-state index in [4.69, 9.17) is 4.74 Å². The molecule has 21 heavy (non-hydrogen) atoms. The molecule has 0 radical (unpaired) electrons. The van der Waals surface area contributed by atoms with Crippen LogP contribution in [0.4, 0.5) is 0 Å². The lowest BCUT2D eigenvalue weighted by Gasteiger charge is -2.23. The van der Waals surface area contributed by atoms with Crippen molar-refractivity contribution < 1.29 is 9.53 Å². The minimum absolute atomic E-state index is 0.0522. The van der Waals surface area contributed by atoms with Gasteiger partial charge in [-0.25, -0.2) is 0 Å². The van der Waals surface area contributed by atoms with E-state index in [1.54, 1.807) is 31.6 Å². The van der Waals surface area contributed by atoms with Crippen molar-refractivity contribution >= 4 is 5.91 Å². The summed E-state index contributed by atoms with van der Waals surface area (Å²) in [6.07, 6.45) is 3.22. The maximum absolute atomic E-state index is 12.3. The molecule has 1 aromatic carbocycles. The standard InChI is InChI=1S/C17H20N2O2/c1-12(2)16(13-6-8-15(21-3)9-7-13)19-17(20)14-5-4-10-18-11-14/h4-12,16H,1-3H3,(H,19,20)/t16-/m1/s1. The van der Waals surface area contributed by atoms with Gasteiger partial charge in [0.1, 0.15) is 5.75 Å². The second-order valence-electron chi connectivity index (χ2n) is 5.21. The van der Waals surface area contributed by atoms with E-state index < -0.39 is 0 Å². The van der Waals surface area contributed by atoms with Crippen molar-refractivity contribution in [2.45, 2.75) is 19.9 Å². The first-order chi connectivity index (χ1) is 10.1. The van der Waals surface area contributed by atoms with Crippen molar-refractivity contribution in [1.82, 2.24) is 10.3 Å². The van der Waals surface area contributed by atoms with Crippen LogP contribution in [0.1, 0.15) is 35.8 Å². The lowest BCUT2D eigenvalue weighted by atomic mass is 9.95. The number of rotatable bonds is 5. The van der Waals surface area contributed by atoms with Crippen molar-refractivity contribution in [2.75, 3.05) is 7.11 Å². The average Bonchev–Trinajstić information content (AvgIpc) is 2.53. The van der Waals surface area contributed by atoms with Crippen molar-refractivity contribution in [1.29, 1.82) is 0 Å². The Morgan fingerprint density at radius 1 is 1.19 bits per heavy atom. The molecular weight excluding hydrogens is 264 g/mol. The molecule has 4 nitrogen and oxygen atoms in total. The van der Waals surface area contributed by atoms with Crippen LogP contribution >= 0.6 is 0 Å². The number of amides is 1. The van der Waals surface area contributed by atoms with Gasteiger partial charge >= 0.3 is 0 Å². The summed E-state index contributed by atoms with van der Waals surface area (Å²) in [6, 6.07) is 11.2. The van der Waals surface area contributed by atoms with E-state index in [-0.39, 0.29) is 17.9 Å². The maximum Gasteiger partial charge on any atom is 0.253 e. The third-order valence-electron chi connectivity index (χ3n) is 3.35. The van der Waals surface area contributed by atoms with Crippen LogP contribution in [0.15, 0.2) is 48.8 Å². The summed E-state index contributed by atoms with van der Waals surface area (Å²) in [6.45, 7) is 4.16. The van der Waals surface area contributed by atoms with Crippen molar-refractivity contribution in [2.24, 2.45) is 5.92 Å². The highest BCUT2D eigenvalue weighted by atomic mass is 16.5. The van der Waals surface area contributed by atoms with Crippen LogP contribution in [-0.4, -0.2) is 18.0 Å². The summed E-state index contributed by atoms with van der Waals surface area (Å²) in [5, 5.41) is 3.07. The number of hydrogen-bond acceptors (Lipinski definition) is 3. The second-order valence-corrected chi connectivity index (χ2v) is 5.21. The summed E-state index contributed by atoms with van der Waals surface area (Å²) in [5.74, 6) is 0.969. The Morgan fingerprint density at radius 2 is 1.90 bits per heavy atom. The molecule has 0 spiro atoms. The van der Waals surface area contributed by atoms with Gasteiger partial charge in [-0.05, 0) is 35.7 Å². The van der Waals surface area contributed by atoms with Crippen LogP contribution in [0.2, 0.25) is 0 Å². The number of carbonyl (C=O) groups is 1. The Labute approximate surface area is 125 Å². The molecule has 0 saturated carbocycles. The van der Waals surface area contributed by atoms with Gasteiger partial charge in [0.2, 0.25) is 0 Å². The number of nitrogens with one attached hydrogen (secondary N) is 1. The van der Waals surface area contributed by atoms with Crippen molar-refractivity contribution in [3.8, 4) is 5.75 Å². The minimum Gasteiger partial charge on any atom is -0.497 e. The SMILES string of the molecule is COc1ccc([C@H](NC(=O)c2cccnc2)C(C)C)cc1. The smallest absolute Gasteiger partial charge is 0.253 e. The number of carbonyl (C=O) groups excluding carboxylic acids is 1. The number of aromatic nitrogens is 1. The van der Waals surface area contributed by atoms with Crippen LogP contribution in [0.25, 0.3) is 0 Å². The molecule has 0 aliphatic heterocycles. The fraction of sp³-hybridized carbons (Fsp3) is 0.294. The normalized spacial score (nSPS) is 12.0. The monoisotopic (exact) mass is 284 g/mol. The number of pyridine rings is 1. The third-order valence-corrected chi connectivity index (χ3v) is 3.35. The molecule has 1 atom stereocenters. The topological polar surface area (TPSA) is 51.2 Å². The van der Waals surface area contributed by atoms with Crippen LogP contribution in [-0.2, 0) is 0 Å². The molecule has 2 rings (SSSR count). The lowest BCUT2D eigenvalue weighted by Crippen LogP contribution is -2.31. The molecule has 1 heterocycles. The first-order valence-electron chi connectivity index (χ1n) is 6.96. The zero-order valence-electron chi connectivity index (χ0n) is 12.5. The van der Waals surface area contributed by atoms with Gasteiger partial charge in [0.25, 0.3) is 5.91 Å². The fourth-order valence-corrected chi connectivity index (χ4v) is 2.17. The van der Waals surface area contributed by atoms with E-state index >= 15 is 0 Å². The average molecular weight is 284 g/mol. The lowest BCUT2D eigenvalue weighted by molar-refractivity contribution is 0.0925. The Bertz CT molecular complexity index is 579. The van der Waals surface area contributed by atoms with E-state index in [9.17, 15) is 4.79 Å². The molecule has 2 aromatic rings. The zero-order chi connectivity index (χ0) is 15.2. The summed E-state index contributed by atoms with van der Waals surface area (Å²) < 4.78 is 5.16. The summed E-state index contributed by atoms with van der Waals surface area (Å²) >= 11 is 0. The highest BCUT2D eigenvalue weighted by Crippen LogP contribution is 2.24. The molecule has 110 valence electrons. The van der Waals surface area contributed by atoms with Crippen LogP contribution in [0.3, 0.4) is 0 Å². The van der Waals surface area contributed by atoms with Gasteiger partial charge in [0.05, 0.1) is 18.7 Å². The van der Waals surface area contributed by atoms with Crippen molar-refractivity contribution in [3.63, 3.8) is 0 Å². The number of nitrogens with zero attached hydrogens (tertiary/aromatic N) is 1. The highest BCUT2D eigenvalue weighted by Gasteiger charge is 2.19. The molecule has 0 bridgehead atoms. The summed E-state index contributed by atoms with van der Waals surface area (Å²) in [5.41, 5.74) is 1.62. The molecule has 4 heteroatoms. The summed E-state index contributed by atoms with van der Waals surface area (Å²) in [7, 11) is 1.64. The zero-order valence-corrected chi connectivity index (χ0v) is 12.5. The molecule has 0 saturated heterocycles. The van der Waals surface area contributed by atoms with E-state index in [0.717, 1.165) is 11.3 Å². The fourth-order valence-electron chi connectivity index (χ4n) is 2.17. The van der Waals surface area contributed by atoms with E-state index in [1.165, 1.54) is 0 Å². The molecule has 0 fully saturated rings. The van der Waals surface area contributed by atoms with E-state index in [0.29, 0.717) is 5.56 Å². The molecule has 0 aliphatic rings. The molecule has 1 amide bonds. The largest absolute Gasteiger partial charge is 0.497 e. The molecular formula is C17H20N2O2. The molecule has 0 unspecified atom stereocenters. The van der Waals surface area contributed by atoms with Gasteiger partial charge < -0.3 is 10.1 Å². The first kappa shape index (κ1) is 15.0. The van der Waals surface area contributed by atoms with Crippen LogP contribution < -0.4 is 10.1 Å². The van der Waals surface area contributed by atoms with Gasteiger partial charge in [0.15, 0.2) is 0 Å². The van der Waals surface area contributed by atoms with Crippen LogP contribution in [0.5, 0.6) is 5.75 Å². The predicted octanol–water partition coefficient (Wildman–Crippen LogP) is 3.22. The maximum atomic E-state index is 12.3. The Hall–Kier alpha value is -2.36. The van der Waals surface area contributed by atoms with E-state index in [1.807, 2.05) is 24.3 Å². The quantitative estimate of drug-likeness (QED) is 0.917. The molecule has 0 aliphatic carbocycles. The van der Waals surface area contributed by atoms with Gasteiger partial charge in [-0.1, -0.05) is 26.0 Å². The molecule has 1 N–H and O–H groups in total. The second kappa shape index (κ2) is 6.88. The Kier molecular flexibility index (Phi) is 4.93. The van der Waals surface area contributed by atoms with Gasteiger partial charge in [-0.3, -0.25) is 9.78 Å². The summed E-state index contributed by atoms with van der Waals surface area (Å²) in [4.78, 5) is 16.3. The predicted molar refractivity (Wildman–Crippen MR) is 82.3 cm³/mol. The van der Waals surface area contributed by atoms with Crippen LogP contribution in [0, 0.1) is 5.92 Å². The molecule has 1 aromatic heterocycles. The Balaban J connectivity index is 2.17. The third kappa shape index (κ3) is 3.81. The number of benzene rings is 1. The van der Waals surface area contributed by atoms with E-state index in [2.05, 4.69) is 24.1 Å². The van der Waals surface area contributed by atoms with Crippen molar-refractivity contribution in [3.05, 3.63) is 59.9 Å². The highest BCUT2D eigenvalue weighted by molar-refractivity contribution is 5.94. The number of methoxy groups -OCH3 is 1.